The Hall–Kier alpha value is -0.313. The standard InChI is InChI=1S/C6H13NOSi/c1-5-7-9(8)6(2,3)4/h5H,1-4H3. The van der Waals surface area contributed by atoms with Gasteiger partial charge < -0.3 is 4.46 Å². The predicted octanol–water partition coefficient (Wildman–Crippen LogP) is 1.80. The van der Waals surface area contributed by atoms with Crippen LogP contribution in [0.15, 0.2) is 4.66 Å². The van der Waals surface area contributed by atoms with E-state index in [1.54, 1.807) is 13.1 Å². The Morgan fingerprint density at radius 2 is 1.89 bits per heavy atom. The van der Waals surface area contributed by atoms with Gasteiger partial charge in [0.1, 0.15) is 0 Å². The van der Waals surface area contributed by atoms with E-state index in [2.05, 4.69) is 4.66 Å². The molecule has 0 bridgehead atoms. The zero-order valence-corrected chi connectivity index (χ0v) is 7.43. The lowest BCUT2D eigenvalue weighted by Gasteiger charge is -2.09. The molecular formula is C6H13NOSi. The van der Waals surface area contributed by atoms with Gasteiger partial charge in [-0.15, -0.1) is 0 Å². The fourth-order valence-electron chi connectivity index (χ4n) is 0.311. The number of nitrogens with zero attached hydrogens (tertiary/aromatic N) is 1. The molecule has 0 amide bonds. The average molecular weight is 143 g/mol. The van der Waals surface area contributed by atoms with Crippen molar-refractivity contribution in [3.63, 3.8) is 0 Å². The molecule has 0 unspecified atom stereocenters. The summed E-state index contributed by atoms with van der Waals surface area (Å²) in [4.78, 5) is 0. The van der Waals surface area contributed by atoms with Crippen molar-refractivity contribution in [1.82, 2.24) is 0 Å². The lowest BCUT2D eigenvalue weighted by atomic mass is 10.3. The molecule has 0 atom stereocenters. The second-order valence-electron chi connectivity index (χ2n) is 2.94. The summed E-state index contributed by atoms with van der Waals surface area (Å²) in [6.45, 7) is 7.58. The van der Waals surface area contributed by atoms with E-state index in [0.717, 1.165) is 0 Å². The minimum Gasteiger partial charge on any atom is -0.357 e. The van der Waals surface area contributed by atoms with Crippen LogP contribution in [0.2, 0.25) is 5.04 Å². The Balaban J connectivity index is 4.06. The summed E-state index contributed by atoms with van der Waals surface area (Å²) in [7, 11) is -1.74. The Morgan fingerprint density at radius 1 is 1.44 bits per heavy atom. The van der Waals surface area contributed by atoms with Crippen molar-refractivity contribution in [2.75, 3.05) is 0 Å². The summed E-state index contributed by atoms with van der Waals surface area (Å²) in [5.74, 6) is 0. The largest absolute Gasteiger partial charge is 0.423 e. The van der Waals surface area contributed by atoms with Gasteiger partial charge in [-0.2, -0.15) is 0 Å². The van der Waals surface area contributed by atoms with Gasteiger partial charge in [-0.3, -0.25) is 4.66 Å². The number of rotatable bonds is 1. The molecule has 0 aromatic carbocycles. The molecule has 0 saturated carbocycles. The molecule has 0 rings (SSSR count). The van der Waals surface area contributed by atoms with Crippen LogP contribution >= 0.6 is 0 Å². The van der Waals surface area contributed by atoms with E-state index in [1.165, 1.54) is 0 Å². The zero-order chi connectivity index (χ0) is 7.49. The summed E-state index contributed by atoms with van der Waals surface area (Å²) in [5, 5.41) is -0.142. The van der Waals surface area contributed by atoms with E-state index < -0.39 is 8.84 Å². The molecule has 2 nitrogen and oxygen atoms in total. The highest BCUT2D eigenvalue weighted by molar-refractivity contribution is 6.45. The molecule has 0 N–H and O–H groups in total. The van der Waals surface area contributed by atoms with E-state index in [1.807, 2.05) is 20.8 Å². The summed E-state index contributed by atoms with van der Waals surface area (Å²) in [6, 6.07) is 0. The highest BCUT2D eigenvalue weighted by Crippen LogP contribution is 2.22. The molecule has 9 heavy (non-hydrogen) atoms. The van der Waals surface area contributed by atoms with E-state index in [4.69, 9.17) is 0 Å². The van der Waals surface area contributed by atoms with Gasteiger partial charge in [0.15, 0.2) is 0 Å². The van der Waals surface area contributed by atoms with Gasteiger partial charge in [-0.1, -0.05) is 20.8 Å². The first kappa shape index (κ1) is 8.69. The highest BCUT2D eigenvalue weighted by atomic mass is 28.3. The van der Waals surface area contributed by atoms with Crippen molar-refractivity contribution in [3.8, 4) is 0 Å². The maximum atomic E-state index is 11.1. The van der Waals surface area contributed by atoms with Crippen LogP contribution in [-0.2, 0) is 4.46 Å². The van der Waals surface area contributed by atoms with Gasteiger partial charge in [0.2, 0.25) is 0 Å². The number of hydrogen-bond donors (Lipinski definition) is 0. The van der Waals surface area contributed by atoms with Gasteiger partial charge in [-0.25, -0.2) is 0 Å². The molecule has 0 aliphatic rings. The van der Waals surface area contributed by atoms with Crippen molar-refractivity contribution in [1.29, 1.82) is 0 Å². The fourth-order valence-corrected chi connectivity index (χ4v) is 0.933. The lowest BCUT2D eigenvalue weighted by molar-refractivity contribution is 0.527. The van der Waals surface area contributed by atoms with Gasteiger partial charge >= 0.3 is 8.84 Å². The summed E-state index contributed by atoms with van der Waals surface area (Å²) < 4.78 is 14.9. The van der Waals surface area contributed by atoms with Crippen LogP contribution in [0, 0.1) is 0 Å². The van der Waals surface area contributed by atoms with Crippen molar-refractivity contribution in [3.05, 3.63) is 0 Å². The fraction of sp³-hybridized carbons (Fsp3) is 0.833. The molecular weight excluding hydrogens is 130 g/mol. The third-order valence-electron chi connectivity index (χ3n) is 0.888. The van der Waals surface area contributed by atoms with E-state index in [0.29, 0.717) is 0 Å². The molecule has 0 spiro atoms. The lowest BCUT2D eigenvalue weighted by Crippen LogP contribution is -2.12. The normalized spacial score (nSPS) is 12.4. The molecule has 52 valence electrons. The van der Waals surface area contributed by atoms with Crippen LogP contribution in [0.1, 0.15) is 27.7 Å². The minimum atomic E-state index is -1.74. The molecule has 0 fully saturated rings. The monoisotopic (exact) mass is 143 g/mol. The SMILES string of the molecule is CC=N[Si](=O)C(C)(C)C. The van der Waals surface area contributed by atoms with Crippen LogP contribution < -0.4 is 0 Å². The molecule has 0 saturated heterocycles. The Bertz CT molecular complexity index is 134. The van der Waals surface area contributed by atoms with Crippen LogP contribution in [0.5, 0.6) is 0 Å². The van der Waals surface area contributed by atoms with E-state index >= 15 is 0 Å². The van der Waals surface area contributed by atoms with Crippen LogP contribution in [-0.4, -0.2) is 15.1 Å². The first-order chi connectivity index (χ1) is 3.98. The van der Waals surface area contributed by atoms with Crippen LogP contribution in [0.4, 0.5) is 0 Å². The second kappa shape index (κ2) is 3.01. The van der Waals surface area contributed by atoms with Gasteiger partial charge in [0.25, 0.3) is 0 Å². The maximum Gasteiger partial charge on any atom is 0.423 e. The van der Waals surface area contributed by atoms with Gasteiger partial charge in [0, 0.05) is 5.04 Å². The average Bonchev–Trinajstić information content (AvgIpc) is 1.64. The highest BCUT2D eigenvalue weighted by Gasteiger charge is 2.22. The molecule has 3 heteroatoms. The first-order valence-corrected chi connectivity index (χ1v) is 4.37. The Morgan fingerprint density at radius 3 is 2.00 bits per heavy atom. The second-order valence-corrected chi connectivity index (χ2v) is 5.31. The van der Waals surface area contributed by atoms with Crippen molar-refractivity contribution < 1.29 is 4.46 Å². The number of hydrogen-bond acceptors (Lipinski definition) is 1. The Labute approximate surface area is 57.7 Å². The zero-order valence-electron chi connectivity index (χ0n) is 6.43. The van der Waals surface area contributed by atoms with Crippen molar-refractivity contribution in [2.24, 2.45) is 4.66 Å². The summed E-state index contributed by atoms with van der Waals surface area (Å²) in [6.07, 6.45) is 1.60. The van der Waals surface area contributed by atoms with Gasteiger partial charge in [-0.05, 0) is 13.1 Å². The van der Waals surface area contributed by atoms with E-state index in [-0.39, 0.29) is 5.04 Å². The summed E-state index contributed by atoms with van der Waals surface area (Å²) >= 11 is 0. The van der Waals surface area contributed by atoms with Crippen LogP contribution in [0.25, 0.3) is 0 Å². The molecule has 0 aromatic rings. The molecule has 0 aliphatic carbocycles. The van der Waals surface area contributed by atoms with Crippen molar-refractivity contribution >= 4 is 15.1 Å². The molecule has 0 heterocycles. The maximum absolute atomic E-state index is 11.1. The smallest absolute Gasteiger partial charge is 0.357 e. The third-order valence-corrected chi connectivity index (χ3v) is 2.66. The quantitative estimate of drug-likeness (QED) is 0.406. The molecule has 0 radical (unpaired) electrons. The molecule has 0 aliphatic heterocycles. The van der Waals surface area contributed by atoms with Crippen LogP contribution in [0.3, 0.4) is 0 Å². The third kappa shape index (κ3) is 3.29. The molecule has 0 aromatic heterocycles. The predicted molar refractivity (Wildman–Crippen MR) is 40.3 cm³/mol. The Kier molecular flexibility index (Phi) is 2.90. The topological polar surface area (TPSA) is 29.4 Å². The summed E-state index contributed by atoms with van der Waals surface area (Å²) in [5.41, 5.74) is 0. The van der Waals surface area contributed by atoms with Gasteiger partial charge in [0.05, 0.1) is 0 Å². The first-order valence-electron chi connectivity index (χ1n) is 3.01. The minimum absolute atomic E-state index is 0.142. The van der Waals surface area contributed by atoms with E-state index in [9.17, 15) is 4.46 Å². The van der Waals surface area contributed by atoms with Crippen molar-refractivity contribution in [2.45, 2.75) is 32.7 Å².